The van der Waals surface area contributed by atoms with Gasteiger partial charge in [-0.1, -0.05) is 0 Å². The van der Waals surface area contributed by atoms with E-state index in [-0.39, 0.29) is 17.9 Å². The number of aliphatic hydroxyl groups excluding tert-OH is 1. The highest BCUT2D eigenvalue weighted by atomic mass is 32.1. The Balaban J connectivity index is 1.93. The van der Waals surface area contributed by atoms with Gasteiger partial charge in [-0.3, -0.25) is 4.79 Å². The van der Waals surface area contributed by atoms with E-state index in [1.165, 1.54) is 11.3 Å². The number of rotatable bonds is 2. The SMILES string of the molecule is Cc1ccnc2sc(C(=O)N3CCC(C(C)O)C3)c(N)c12. The van der Waals surface area contributed by atoms with Crippen LogP contribution in [0.25, 0.3) is 10.2 Å². The van der Waals surface area contributed by atoms with Gasteiger partial charge in [0.2, 0.25) is 0 Å². The van der Waals surface area contributed by atoms with Crippen molar-refractivity contribution in [2.75, 3.05) is 18.8 Å². The second-order valence-corrected chi connectivity index (χ2v) is 6.69. The number of amides is 1. The number of aromatic nitrogens is 1. The summed E-state index contributed by atoms with van der Waals surface area (Å²) in [7, 11) is 0. The molecule has 6 heteroatoms. The molecule has 1 aliphatic rings. The van der Waals surface area contributed by atoms with Crippen molar-refractivity contribution < 1.29 is 9.90 Å². The number of likely N-dealkylation sites (tertiary alicyclic amines) is 1. The second-order valence-electron chi connectivity index (χ2n) is 5.69. The average molecular weight is 305 g/mol. The van der Waals surface area contributed by atoms with Gasteiger partial charge in [0.15, 0.2) is 0 Å². The molecule has 0 saturated carbocycles. The molecule has 0 aliphatic carbocycles. The van der Waals surface area contributed by atoms with Crippen LogP contribution in [0.1, 0.15) is 28.6 Å². The van der Waals surface area contributed by atoms with Crippen LogP contribution in [0.3, 0.4) is 0 Å². The maximum absolute atomic E-state index is 12.7. The number of nitrogens with two attached hydrogens (primary N) is 1. The Morgan fingerprint density at radius 1 is 1.62 bits per heavy atom. The topological polar surface area (TPSA) is 79.5 Å². The van der Waals surface area contributed by atoms with Gasteiger partial charge < -0.3 is 15.7 Å². The number of nitrogens with zero attached hydrogens (tertiary/aromatic N) is 2. The Hall–Kier alpha value is -1.66. The second kappa shape index (κ2) is 5.27. The molecule has 2 unspecified atom stereocenters. The summed E-state index contributed by atoms with van der Waals surface area (Å²) in [5.74, 6) is 0.113. The van der Waals surface area contributed by atoms with Gasteiger partial charge in [-0.15, -0.1) is 11.3 Å². The zero-order valence-corrected chi connectivity index (χ0v) is 13.0. The molecule has 2 aromatic heterocycles. The molecule has 2 aromatic rings. The molecule has 3 rings (SSSR count). The first-order chi connectivity index (χ1) is 9.99. The minimum absolute atomic E-state index is 0.0435. The van der Waals surface area contributed by atoms with Crippen LogP contribution in [0.4, 0.5) is 5.69 Å². The monoisotopic (exact) mass is 305 g/mol. The van der Waals surface area contributed by atoms with Crippen LogP contribution >= 0.6 is 11.3 Å². The summed E-state index contributed by atoms with van der Waals surface area (Å²) in [5, 5.41) is 10.5. The quantitative estimate of drug-likeness (QED) is 0.889. The number of carbonyl (C=O) groups is 1. The first-order valence-electron chi connectivity index (χ1n) is 7.10. The standard InChI is InChI=1S/C15H19N3O2S/c1-8-3-5-17-14-11(8)12(16)13(21-14)15(20)18-6-4-10(7-18)9(2)19/h3,5,9-10,19H,4,6-7,16H2,1-2H3. The van der Waals surface area contributed by atoms with Crippen LogP contribution in [-0.2, 0) is 0 Å². The summed E-state index contributed by atoms with van der Waals surface area (Å²) in [4.78, 5) is 20.1. The molecule has 0 radical (unpaired) electrons. The van der Waals surface area contributed by atoms with Gasteiger partial charge in [-0.2, -0.15) is 0 Å². The molecule has 0 aromatic carbocycles. The summed E-state index contributed by atoms with van der Waals surface area (Å²) in [6, 6.07) is 1.90. The summed E-state index contributed by atoms with van der Waals surface area (Å²) in [5.41, 5.74) is 7.75. The zero-order chi connectivity index (χ0) is 15.1. The number of nitrogen functional groups attached to an aromatic ring is 1. The minimum atomic E-state index is -0.383. The molecule has 3 heterocycles. The minimum Gasteiger partial charge on any atom is -0.397 e. The van der Waals surface area contributed by atoms with Crippen molar-refractivity contribution in [3.05, 3.63) is 22.7 Å². The van der Waals surface area contributed by atoms with E-state index in [2.05, 4.69) is 4.98 Å². The third-order valence-corrected chi connectivity index (χ3v) is 5.33. The van der Waals surface area contributed by atoms with Gasteiger partial charge >= 0.3 is 0 Å². The van der Waals surface area contributed by atoms with Gasteiger partial charge in [-0.25, -0.2) is 4.98 Å². The maximum atomic E-state index is 12.7. The average Bonchev–Trinajstić information content (AvgIpc) is 3.04. The van der Waals surface area contributed by atoms with E-state index in [4.69, 9.17) is 5.73 Å². The van der Waals surface area contributed by atoms with Crippen LogP contribution < -0.4 is 5.73 Å². The summed E-state index contributed by atoms with van der Waals surface area (Å²) in [6.45, 7) is 5.02. The van der Waals surface area contributed by atoms with Gasteiger partial charge in [0, 0.05) is 30.6 Å². The lowest BCUT2D eigenvalue weighted by molar-refractivity contribution is 0.0768. The lowest BCUT2D eigenvalue weighted by Gasteiger charge is -2.17. The molecule has 0 spiro atoms. The fraction of sp³-hybridized carbons (Fsp3) is 0.467. The van der Waals surface area contributed by atoms with Crippen molar-refractivity contribution in [3.8, 4) is 0 Å². The van der Waals surface area contributed by atoms with Crippen LogP contribution in [0.2, 0.25) is 0 Å². The molecule has 1 fully saturated rings. The normalized spacial score (nSPS) is 20.1. The fourth-order valence-corrected chi connectivity index (χ4v) is 3.98. The Morgan fingerprint density at radius 3 is 3.00 bits per heavy atom. The molecular formula is C15H19N3O2S. The van der Waals surface area contributed by atoms with Crippen molar-refractivity contribution in [1.82, 2.24) is 9.88 Å². The number of aryl methyl sites for hydroxylation is 1. The van der Waals surface area contributed by atoms with E-state index in [9.17, 15) is 9.90 Å². The van der Waals surface area contributed by atoms with Gasteiger partial charge in [-0.05, 0) is 31.9 Å². The number of carbonyl (C=O) groups excluding carboxylic acids is 1. The predicted molar refractivity (Wildman–Crippen MR) is 84.5 cm³/mol. The number of aliphatic hydroxyl groups is 1. The van der Waals surface area contributed by atoms with E-state index in [0.29, 0.717) is 23.7 Å². The van der Waals surface area contributed by atoms with E-state index >= 15 is 0 Å². The van der Waals surface area contributed by atoms with Gasteiger partial charge in [0.1, 0.15) is 9.71 Å². The zero-order valence-electron chi connectivity index (χ0n) is 12.2. The molecule has 2 atom stereocenters. The summed E-state index contributed by atoms with van der Waals surface area (Å²) < 4.78 is 0. The van der Waals surface area contributed by atoms with Crippen LogP contribution in [0, 0.1) is 12.8 Å². The van der Waals surface area contributed by atoms with Crippen LogP contribution in [-0.4, -0.2) is 40.1 Å². The third kappa shape index (κ3) is 2.38. The molecular weight excluding hydrogens is 286 g/mol. The number of fused-ring (bicyclic) bond motifs is 1. The molecule has 3 N–H and O–H groups in total. The summed E-state index contributed by atoms with van der Waals surface area (Å²) >= 11 is 1.35. The van der Waals surface area contributed by atoms with E-state index in [0.717, 1.165) is 22.2 Å². The largest absolute Gasteiger partial charge is 0.397 e. The molecule has 21 heavy (non-hydrogen) atoms. The van der Waals surface area contributed by atoms with Gasteiger partial charge in [0.25, 0.3) is 5.91 Å². The smallest absolute Gasteiger partial charge is 0.266 e. The number of pyridine rings is 1. The Morgan fingerprint density at radius 2 is 2.38 bits per heavy atom. The first kappa shape index (κ1) is 14.3. The van der Waals surface area contributed by atoms with Crippen LogP contribution in [0.15, 0.2) is 12.3 Å². The fourth-order valence-electron chi connectivity index (χ4n) is 2.87. The molecule has 1 saturated heterocycles. The number of anilines is 1. The molecule has 5 nitrogen and oxygen atoms in total. The summed E-state index contributed by atoms with van der Waals surface area (Å²) in [6.07, 6.45) is 2.19. The highest BCUT2D eigenvalue weighted by molar-refractivity contribution is 7.21. The van der Waals surface area contributed by atoms with Gasteiger partial charge in [0.05, 0.1) is 11.8 Å². The van der Waals surface area contributed by atoms with Crippen molar-refractivity contribution in [2.45, 2.75) is 26.4 Å². The highest BCUT2D eigenvalue weighted by Gasteiger charge is 2.31. The molecule has 1 aliphatic heterocycles. The Kier molecular flexibility index (Phi) is 3.59. The lowest BCUT2D eigenvalue weighted by Crippen LogP contribution is -2.30. The van der Waals surface area contributed by atoms with E-state index in [1.54, 1.807) is 18.0 Å². The van der Waals surface area contributed by atoms with Crippen LogP contribution in [0.5, 0.6) is 0 Å². The molecule has 0 bridgehead atoms. The van der Waals surface area contributed by atoms with E-state index < -0.39 is 0 Å². The third-order valence-electron chi connectivity index (χ3n) is 4.23. The first-order valence-corrected chi connectivity index (χ1v) is 7.91. The predicted octanol–water partition coefficient (Wildman–Crippen LogP) is 2.03. The number of hydrogen-bond acceptors (Lipinski definition) is 5. The molecule has 112 valence electrons. The molecule has 1 amide bonds. The number of hydrogen-bond donors (Lipinski definition) is 2. The lowest BCUT2D eigenvalue weighted by atomic mass is 10.0. The number of thiophene rings is 1. The Bertz CT molecular complexity index is 696. The van der Waals surface area contributed by atoms with Crippen molar-refractivity contribution in [1.29, 1.82) is 0 Å². The van der Waals surface area contributed by atoms with Crippen molar-refractivity contribution in [3.63, 3.8) is 0 Å². The highest BCUT2D eigenvalue weighted by Crippen LogP contribution is 2.36. The van der Waals surface area contributed by atoms with E-state index in [1.807, 2.05) is 13.0 Å². The van der Waals surface area contributed by atoms with Crippen molar-refractivity contribution >= 4 is 33.1 Å². The Labute approximate surface area is 127 Å². The van der Waals surface area contributed by atoms with Crippen molar-refractivity contribution in [2.24, 2.45) is 5.92 Å². The maximum Gasteiger partial charge on any atom is 0.266 e.